The van der Waals surface area contributed by atoms with Crippen molar-refractivity contribution < 1.29 is 23.7 Å². The number of hydrogen-bond acceptors (Lipinski definition) is 7. The van der Waals surface area contributed by atoms with Crippen molar-refractivity contribution in [1.29, 1.82) is 0 Å². The molecule has 0 radical (unpaired) electrons. The SMILES string of the molecule is CC(C)(C)OC(=O)c1nc(CC2CCC3(CC2)OCCO3)[nH]c(=O)c1OCc1ccccc1. The first kappa shape index (κ1) is 23.4. The van der Waals surface area contributed by atoms with Crippen LogP contribution >= 0.6 is 0 Å². The maximum atomic E-state index is 12.9. The van der Waals surface area contributed by atoms with Crippen LogP contribution in [0, 0.1) is 5.92 Å². The minimum atomic E-state index is -0.725. The van der Waals surface area contributed by atoms with E-state index >= 15 is 0 Å². The lowest BCUT2D eigenvalue weighted by atomic mass is 9.83. The maximum absolute atomic E-state index is 12.9. The molecule has 8 nitrogen and oxygen atoms in total. The van der Waals surface area contributed by atoms with E-state index in [2.05, 4.69) is 9.97 Å². The van der Waals surface area contributed by atoms with Crippen LogP contribution in [0.3, 0.4) is 0 Å². The number of carbonyl (C=O) groups excluding carboxylic acids is 1. The summed E-state index contributed by atoms with van der Waals surface area (Å²) >= 11 is 0. The molecule has 2 aromatic rings. The van der Waals surface area contributed by atoms with E-state index < -0.39 is 22.9 Å². The van der Waals surface area contributed by atoms with Crippen molar-refractivity contribution in [3.8, 4) is 5.75 Å². The molecule has 0 atom stereocenters. The molecule has 1 saturated heterocycles. The molecule has 8 heteroatoms. The Morgan fingerprint density at radius 3 is 2.45 bits per heavy atom. The van der Waals surface area contributed by atoms with Crippen molar-refractivity contribution in [3.63, 3.8) is 0 Å². The van der Waals surface area contributed by atoms with Crippen molar-refractivity contribution in [3.05, 3.63) is 57.8 Å². The maximum Gasteiger partial charge on any atom is 0.361 e. The van der Waals surface area contributed by atoms with E-state index in [0.29, 0.717) is 31.4 Å². The van der Waals surface area contributed by atoms with E-state index in [4.69, 9.17) is 18.9 Å². The van der Waals surface area contributed by atoms with E-state index in [0.717, 1.165) is 31.2 Å². The monoisotopic (exact) mass is 456 g/mol. The summed E-state index contributed by atoms with van der Waals surface area (Å²) in [7, 11) is 0. The van der Waals surface area contributed by atoms with Crippen LogP contribution < -0.4 is 10.3 Å². The van der Waals surface area contributed by atoms with Crippen molar-refractivity contribution in [1.82, 2.24) is 9.97 Å². The lowest BCUT2D eigenvalue weighted by molar-refractivity contribution is -0.182. The Morgan fingerprint density at radius 1 is 1.15 bits per heavy atom. The Balaban J connectivity index is 1.53. The van der Waals surface area contributed by atoms with Gasteiger partial charge in [0.05, 0.1) is 13.2 Å². The fraction of sp³-hybridized carbons (Fsp3) is 0.560. The Hall–Kier alpha value is -2.71. The van der Waals surface area contributed by atoms with Gasteiger partial charge in [-0.15, -0.1) is 0 Å². The summed E-state index contributed by atoms with van der Waals surface area (Å²) in [6.07, 6.45) is 3.99. The van der Waals surface area contributed by atoms with Gasteiger partial charge in [-0.25, -0.2) is 9.78 Å². The molecule has 1 spiro atoms. The molecule has 2 heterocycles. The van der Waals surface area contributed by atoms with Crippen LogP contribution in [-0.4, -0.2) is 40.5 Å². The number of nitrogens with zero attached hydrogens (tertiary/aromatic N) is 1. The highest BCUT2D eigenvalue weighted by Crippen LogP contribution is 2.39. The Morgan fingerprint density at radius 2 is 1.82 bits per heavy atom. The minimum Gasteiger partial charge on any atom is -0.481 e. The average molecular weight is 457 g/mol. The topological polar surface area (TPSA) is 99.7 Å². The summed E-state index contributed by atoms with van der Waals surface area (Å²) < 4.78 is 22.9. The number of ether oxygens (including phenoxy) is 4. The van der Waals surface area contributed by atoms with Crippen LogP contribution in [-0.2, 0) is 27.2 Å². The third-order valence-corrected chi connectivity index (χ3v) is 5.91. The van der Waals surface area contributed by atoms with Crippen LogP contribution in [0.4, 0.5) is 0 Å². The van der Waals surface area contributed by atoms with Crippen molar-refractivity contribution in [2.24, 2.45) is 5.92 Å². The number of nitrogens with one attached hydrogen (secondary N) is 1. The molecule has 1 N–H and O–H groups in total. The number of aromatic amines is 1. The van der Waals surface area contributed by atoms with Crippen molar-refractivity contribution in [2.45, 2.75) is 70.9 Å². The zero-order valence-corrected chi connectivity index (χ0v) is 19.5. The van der Waals surface area contributed by atoms with Gasteiger partial charge in [-0.2, -0.15) is 0 Å². The molecule has 1 aromatic heterocycles. The quantitative estimate of drug-likeness (QED) is 0.660. The molecule has 1 aliphatic heterocycles. The van der Waals surface area contributed by atoms with Gasteiger partial charge in [0.15, 0.2) is 11.5 Å². The normalized spacial score (nSPS) is 18.4. The number of aromatic nitrogens is 2. The van der Waals surface area contributed by atoms with Gasteiger partial charge in [-0.05, 0) is 45.1 Å². The number of hydrogen-bond donors (Lipinski definition) is 1. The first-order valence-electron chi connectivity index (χ1n) is 11.5. The number of benzene rings is 1. The molecule has 0 unspecified atom stereocenters. The predicted molar refractivity (Wildman–Crippen MR) is 121 cm³/mol. The minimum absolute atomic E-state index is 0.0886. The van der Waals surface area contributed by atoms with Gasteiger partial charge in [0.25, 0.3) is 5.56 Å². The summed E-state index contributed by atoms with van der Waals surface area (Å²) in [6.45, 7) is 6.75. The fourth-order valence-corrected chi connectivity index (χ4v) is 4.31. The third kappa shape index (κ3) is 6.00. The van der Waals surface area contributed by atoms with Gasteiger partial charge in [0, 0.05) is 19.3 Å². The van der Waals surface area contributed by atoms with Gasteiger partial charge >= 0.3 is 5.97 Å². The van der Waals surface area contributed by atoms with Crippen LogP contribution in [0.1, 0.15) is 68.3 Å². The van der Waals surface area contributed by atoms with E-state index in [1.807, 2.05) is 30.3 Å². The molecule has 4 rings (SSSR count). The van der Waals surface area contributed by atoms with Gasteiger partial charge in [0.1, 0.15) is 18.0 Å². The summed E-state index contributed by atoms with van der Waals surface area (Å²) in [4.78, 5) is 33.1. The number of esters is 1. The lowest BCUT2D eigenvalue weighted by Crippen LogP contribution is -2.36. The molecular formula is C25H32N2O6. The molecule has 33 heavy (non-hydrogen) atoms. The summed E-state index contributed by atoms with van der Waals surface area (Å²) in [5.41, 5.74) is -0.415. The third-order valence-electron chi connectivity index (χ3n) is 5.91. The summed E-state index contributed by atoms with van der Waals surface area (Å²) in [5.74, 6) is -0.453. The van der Waals surface area contributed by atoms with Gasteiger partial charge in [0.2, 0.25) is 5.75 Å². The zero-order chi connectivity index (χ0) is 23.5. The predicted octanol–water partition coefficient (Wildman–Crippen LogP) is 3.78. The first-order chi connectivity index (χ1) is 15.7. The standard InChI is InChI=1S/C25H32N2O6/c1-24(2,3)33-23(29)20-21(30-16-18-7-5-4-6-8-18)22(28)27-19(26-20)15-17-9-11-25(12-10-17)31-13-14-32-25/h4-8,17H,9-16H2,1-3H3,(H,26,27,28). The smallest absolute Gasteiger partial charge is 0.361 e. The fourth-order valence-electron chi connectivity index (χ4n) is 4.31. The second-order valence-corrected chi connectivity index (χ2v) is 9.72. The van der Waals surface area contributed by atoms with E-state index in [-0.39, 0.29) is 18.1 Å². The number of H-pyrrole nitrogens is 1. The Kier molecular flexibility index (Phi) is 6.86. The molecule has 2 fully saturated rings. The highest BCUT2D eigenvalue weighted by molar-refractivity contribution is 5.90. The van der Waals surface area contributed by atoms with Crippen molar-refractivity contribution >= 4 is 5.97 Å². The molecule has 1 aliphatic carbocycles. The Bertz CT molecular complexity index is 1010. The number of rotatable bonds is 6. The summed E-state index contributed by atoms with van der Waals surface area (Å²) in [5, 5.41) is 0. The van der Waals surface area contributed by atoms with E-state index in [9.17, 15) is 9.59 Å². The second kappa shape index (κ2) is 9.65. The molecule has 0 amide bonds. The molecular weight excluding hydrogens is 424 g/mol. The Labute approximate surface area is 193 Å². The van der Waals surface area contributed by atoms with E-state index in [1.54, 1.807) is 20.8 Å². The molecule has 0 bridgehead atoms. The highest BCUT2D eigenvalue weighted by Gasteiger charge is 2.40. The van der Waals surface area contributed by atoms with Crippen molar-refractivity contribution in [2.75, 3.05) is 13.2 Å². The largest absolute Gasteiger partial charge is 0.481 e. The summed E-state index contributed by atoms with van der Waals surface area (Å²) in [6, 6.07) is 9.44. The molecule has 1 aromatic carbocycles. The lowest BCUT2D eigenvalue weighted by Gasteiger charge is -2.35. The zero-order valence-electron chi connectivity index (χ0n) is 19.5. The molecule has 2 aliphatic rings. The van der Waals surface area contributed by atoms with Crippen LogP contribution in [0.5, 0.6) is 5.75 Å². The van der Waals surface area contributed by atoms with E-state index in [1.165, 1.54) is 0 Å². The highest BCUT2D eigenvalue weighted by atomic mass is 16.7. The van der Waals surface area contributed by atoms with Crippen LogP contribution in [0.2, 0.25) is 0 Å². The average Bonchev–Trinajstić information content (AvgIpc) is 3.22. The van der Waals surface area contributed by atoms with Crippen LogP contribution in [0.25, 0.3) is 0 Å². The number of carbonyl (C=O) groups is 1. The second-order valence-electron chi connectivity index (χ2n) is 9.72. The molecule has 1 saturated carbocycles. The van der Waals surface area contributed by atoms with Gasteiger partial charge in [-0.3, -0.25) is 4.79 Å². The van der Waals surface area contributed by atoms with Gasteiger partial charge in [-0.1, -0.05) is 30.3 Å². The first-order valence-corrected chi connectivity index (χ1v) is 11.5. The van der Waals surface area contributed by atoms with Crippen LogP contribution in [0.15, 0.2) is 35.1 Å². The van der Waals surface area contributed by atoms with Gasteiger partial charge < -0.3 is 23.9 Å². The molecule has 178 valence electrons.